The smallest absolute Gasteiger partial charge is 0.255 e. The van der Waals surface area contributed by atoms with Gasteiger partial charge < -0.3 is 15.1 Å². The van der Waals surface area contributed by atoms with Gasteiger partial charge in [0.1, 0.15) is 6.17 Å². The van der Waals surface area contributed by atoms with Gasteiger partial charge in [-0.25, -0.2) is 0 Å². The minimum atomic E-state index is -0.297. The lowest BCUT2D eigenvalue weighted by Crippen LogP contribution is -2.48. The maximum atomic E-state index is 12.4. The quantitative estimate of drug-likeness (QED) is 0.903. The molecular formula is C17H20Cl2N4O. The minimum absolute atomic E-state index is 0. The summed E-state index contributed by atoms with van der Waals surface area (Å²) in [5.41, 5.74) is 2.30. The van der Waals surface area contributed by atoms with Gasteiger partial charge in [-0.05, 0) is 44.4 Å². The lowest BCUT2D eigenvalue weighted by atomic mass is 10.1. The van der Waals surface area contributed by atoms with Crippen molar-refractivity contribution in [2.24, 2.45) is 0 Å². The number of likely N-dealkylation sites (N-methyl/N-ethyl adjacent to an activating group) is 1. The molecule has 1 aromatic carbocycles. The number of rotatable bonds is 4. The number of carbonyl (C=O) groups excluding carboxylic acids is 1. The standard InChI is InChI=1S/C17H19ClN4O.ClH/c1-21(2)9-10-22-15-11-12(18)6-7-13(15)17(23)20-16(22)14-5-3-4-8-19-14;/h3-8,11,16H,9-10H2,1-2H3,(H,20,23);1H. The highest BCUT2D eigenvalue weighted by atomic mass is 35.5. The van der Waals surface area contributed by atoms with Gasteiger partial charge in [-0.2, -0.15) is 0 Å². The molecule has 24 heavy (non-hydrogen) atoms. The SMILES string of the molecule is CN(C)CCN1c2cc(Cl)ccc2C(=O)NC1c1ccccn1.Cl. The maximum Gasteiger partial charge on any atom is 0.255 e. The molecule has 0 bridgehead atoms. The number of hydrogen-bond acceptors (Lipinski definition) is 4. The molecule has 128 valence electrons. The first-order valence-corrected chi connectivity index (χ1v) is 7.87. The van der Waals surface area contributed by atoms with Crippen molar-refractivity contribution in [2.75, 3.05) is 32.1 Å². The number of fused-ring (bicyclic) bond motifs is 1. The van der Waals surface area contributed by atoms with Crippen LogP contribution in [-0.2, 0) is 0 Å². The van der Waals surface area contributed by atoms with Gasteiger partial charge in [-0.1, -0.05) is 17.7 Å². The van der Waals surface area contributed by atoms with E-state index in [-0.39, 0.29) is 24.5 Å². The van der Waals surface area contributed by atoms with Crippen molar-refractivity contribution in [3.05, 3.63) is 58.9 Å². The summed E-state index contributed by atoms with van der Waals surface area (Å²) in [6, 6.07) is 11.1. The van der Waals surface area contributed by atoms with Crippen LogP contribution in [0, 0.1) is 0 Å². The Bertz CT molecular complexity index is 709. The third-order valence-corrected chi connectivity index (χ3v) is 4.08. The zero-order valence-electron chi connectivity index (χ0n) is 13.6. The lowest BCUT2D eigenvalue weighted by Gasteiger charge is -2.39. The van der Waals surface area contributed by atoms with Crippen LogP contribution in [0.3, 0.4) is 0 Å². The van der Waals surface area contributed by atoms with E-state index in [0.717, 1.165) is 24.5 Å². The van der Waals surface area contributed by atoms with Crippen LogP contribution < -0.4 is 10.2 Å². The molecule has 1 aliphatic heterocycles. The van der Waals surface area contributed by atoms with Crippen molar-refractivity contribution in [1.29, 1.82) is 0 Å². The van der Waals surface area contributed by atoms with Gasteiger partial charge >= 0.3 is 0 Å². The number of carbonyl (C=O) groups is 1. The first-order chi connectivity index (χ1) is 11.1. The number of nitrogens with zero attached hydrogens (tertiary/aromatic N) is 3. The van der Waals surface area contributed by atoms with Crippen LogP contribution in [0.1, 0.15) is 22.2 Å². The van der Waals surface area contributed by atoms with Gasteiger partial charge in [0.25, 0.3) is 5.91 Å². The Morgan fingerprint density at radius 3 is 2.75 bits per heavy atom. The Morgan fingerprint density at radius 1 is 1.29 bits per heavy atom. The average molecular weight is 367 g/mol. The van der Waals surface area contributed by atoms with E-state index in [1.165, 1.54) is 0 Å². The topological polar surface area (TPSA) is 48.5 Å². The molecule has 0 saturated carbocycles. The predicted octanol–water partition coefficient (Wildman–Crippen LogP) is 2.97. The lowest BCUT2D eigenvalue weighted by molar-refractivity contribution is 0.0925. The molecule has 0 fully saturated rings. The molecule has 0 saturated heterocycles. The summed E-state index contributed by atoms with van der Waals surface area (Å²) in [5, 5.41) is 3.66. The van der Waals surface area contributed by atoms with Gasteiger partial charge in [0.05, 0.1) is 16.9 Å². The molecule has 2 aromatic rings. The van der Waals surface area contributed by atoms with E-state index in [1.54, 1.807) is 18.3 Å². The van der Waals surface area contributed by atoms with E-state index in [0.29, 0.717) is 10.6 Å². The molecule has 5 nitrogen and oxygen atoms in total. The van der Waals surface area contributed by atoms with Gasteiger partial charge in [0.15, 0.2) is 0 Å². The van der Waals surface area contributed by atoms with Crippen molar-refractivity contribution in [3.8, 4) is 0 Å². The summed E-state index contributed by atoms with van der Waals surface area (Å²) < 4.78 is 0. The van der Waals surface area contributed by atoms with Crippen LogP contribution in [0.2, 0.25) is 5.02 Å². The number of benzene rings is 1. The summed E-state index contributed by atoms with van der Waals surface area (Å²) in [6.07, 6.45) is 1.44. The van der Waals surface area contributed by atoms with Crippen molar-refractivity contribution in [3.63, 3.8) is 0 Å². The first-order valence-electron chi connectivity index (χ1n) is 7.49. The van der Waals surface area contributed by atoms with Crippen molar-refractivity contribution in [2.45, 2.75) is 6.17 Å². The van der Waals surface area contributed by atoms with Crippen molar-refractivity contribution >= 4 is 35.6 Å². The number of aromatic nitrogens is 1. The largest absolute Gasteiger partial charge is 0.344 e. The van der Waals surface area contributed by atoms with E-state index < -0.39 is 0 Å². The van der Waals surface area contributed by atoms with Crippen LogP contribution in [-0.4, -0.2) is 43.0 Å². The highest BCUT2D eigenvalue weighted by Crippen LogP contribution is 2.34. The second-order valence-corrected chi connectivity index (χ2v) is 6.23. The number of hydrogen-bond donors (Lipinski definition) is 1. The fourth-order valence-corrected chi connectivity index (χ4v) is 2.85. The molecule has 0 spiro atoms. The predicted molar refractivity (Wildman–Crippen MR) is 99.0 cm³/mol. The van der Waals surface area contributed by atoms with Crippen molar-refractivity contribution < 1.29 is 4.79 Å². The van der Waals surface area contributed by atoms with E-state index in [4.69, 9.17) is 11.6 Å². The third kappa shape index (κ3) is 3.80. The molecule has 1 unspecified atom stereocenters. The zero-order valence-corrected chi connectivity index (χ0v) is 15.1. The van der Waals surface area contributed by atoms with E-state index in [2.05, 4.69) is 20.1 Å². The number of amides is 1. The molecule has 1 N–H and O–H groups in total. The highest BCUT2D eigenvalue weighted by molar-refractivity contribution is 6.31. The van der Waals surface area contributed by atoms with E-state index in [1.807, 2.05) is 38.4 Å². The molecular weight excluding hydrogens is 347 g/mol. The van der Waals surface area contributed by atoms with Gasteiger partial charge in [-0.3, -0.25) is 9.78 Å². The highest BCUT2D eigenvalue weighted by Gasteiger charge is 2.32. The van der Waals surface area contributed by atoms with Gasteiger partial charge in [-0.15, -0.1) is 12.4 Å². The summed E-state index contributed by atoms with van der Waals surface area (Å²) in [6.45, 7) is 1.60. The monoisotopic (exact) mass is 366 g/mol. The molecule has 2 heterocycles. The van der Waals surface area contributed by atoms with Crippen LogP contribution in [0.15, 0.2) is 42.6 Å². The maximum absolute atomic E-state index is 12.4. The second-order valence-electron chi connectivity index (χ2n) is 5.79. The summed E-state index contributed by atoms with van der Waals surface area (Å²) in [7, 11) is 4.05. The second kappa shape index (κ2) is 7.83. The van der Waals surface area contributed by atoms with Crippen LogP contribution in [0.25, 0.3) is 0 Å². The molecule has 0 radical (unpaired) electrons. The molecule has 7 heteroatoms. The number of anilines is 1. The Kier molecular flexibility index (Phi) is 6.04. The summed E-state index contributed by atoms with van der Waals surface area (Å²) in [5.74, 6) is -0.103. The van der Waals surface area contributed by atoms with Crippen LogP contribution in [0.5, 0.6) is 0 Å². The normalized spacial score (nSPS) is 16.4. The van der Waals surface area contributed by atoms with Gasteiger partial charge in [0, 0.05) is 24.3 Å². The number of halogens is 2. The first kappa shape index (κ1) is 18.5. The van der Waals surface area contributed by atoms with E-state index in [9.17, 15) is 4.79 Å². The number of nitrogens with one attached hydrogen (secondary N) is 1. The molecule has 1 aliphatic rings. The number of pyridine rings is 1. The molecule has 1 amide bonds. The minimum Gasteiger partial charge on any atom is -0.344 e. The molecule has 1 atom stereocenters. The summed E-state index contributed by atoms with van der Waals surface area (Å²) >= 11 is 6.16. The van der Waals surface area contributed by atoms with Crippen LogP contribution >= 0.6 is 24.0 Å². The molecule has 0 aliphatic carbocycles. The van der Waals surface area contributed by atoms with E-state index >= 15 is 0 Å². The summed E-state index contributed by atoms with van der Waals surface area (Å²) in [4.78, 5) is 21.1. The Hall–Kier alpha value is -1.82. The van der Waals surface area contributed by atoms with Crippen molar-refractivity contribution in [1.82, 2.24) is 15.2 Å². The Labute approximate surface area is 153 Å². The zero-order chi connectivity index (χ0) is 16.4. The fraction of sp³-hybridized carbons (Fsp3) is 0.294. The Balaban J connectivity index is 0.00000208. The average Bonchev–Trinajstić information content (AvgIpc) is 2.54. The third-order valence-electron chi connectivity index (χ3n) is 3.85. The fourth-order valence-electron chi connectivity index (χ4n) is 2.68. The Morgan fingerprint density at radius 2 is 2.08 bits per heavy atom. The van der Waals surface area contributed by atoms with Gasteiger partial charge in [0.2, 0.25) is 0 Å². The molecule has 1 aromatic heterocycles. The van der Waals surface area contributed by atoms with Crippen LogP contribution in [0.4, 0.5) is 5.69 Å². The molecule has 3 rings (SSSR count).